The highest BCUT2D eigenvalue weighted by atomic mass is 35.5. The van der Waals surface area contributed by atoms with Crippen molar-refractivity contribution in [3.05, 3.63) is 128 Å². The fourth-order valence-corrected chi connectivity index (χ4v) is 6.52. The first-order chi connectivity index (χ1) is 18.4. The van der Waals surface area contributed by atoms with Crippen LogP contribution in [0.15, 0.2) is 85.1 Å². The maximum atomic E-state index is 14.0. The predicted molar refractivity (Wildman–Crippen MR) is 155 cm³/mol. The van der Waals surface area contributed by atoms with E-state index in [-0.39, 0.29) is 27.7 Å². The second-order valence-corrected chi connectivity index (χ2v) is 11.5. The number of halogens is 4. The van der Waals surface area contributed by atoms with E-state index in [0.717, 1.165) is 24.1 Å². The molecule has 2 atom stereocenters. The number of likely N-dealkylation sites (tertiary alicyclic amines) is 1. The van der Waals surface area contributed by atoms with Gasteiger partial charge in [-0.05, 0) is 65.9 Å². The molecule has 4 nitrogen and oxygen atoms in total. The fraction of sp³-hybridized carbons (Fsp3) is 0.200. The van der Waals surface area contributed by atoms with Crippen LogP contribution in [0.2, 0.25) is 20.2 Å². The molecule has 1 aromatic heterocycles. The summed E-state index contributed by atoms with van der Waals surface area (Å²) in [5.74, 6) is -0.118. The zero-order chi connectivity index (χ0) is 26.4. The third-order valence-corrected chi connectivity index (χ3v) is 8.83. The van der Waals surface area contributed by atoms with Gasteiger partial charge in [-0.3, -0.25) is 4.79 Å². The molecule has 8 heteroatoms. The van der Waals surface area contributed by atoms with Crippen LogP contribution in [0.3, 0.4) is 0 Å². The summed E-state index contributed by atoms with van der Waals surface area (Å²) >= 11 is 24.7. The Morgan fingerprint density at radius 2 is 1.55 bits per heavy atom. The van der Waals surface area contributed by atoms with E-state index in [1.165, 1.54) is 17.3 Å². The highest BCUT2D eigenvalue weighted by Crippen LogP contribution is 2.54. The maximum Gasteiger partial charge on any atom is 0.257 e. The molecule has 4 aromatic rings. The van der Waals surface area contributed by atoms with Gasteiger partial charge in [-0.15, -0.1) is 0 Å². The molecular weight excluding hydrogens is 560 g/mol. The lowest BCUT2D eigenvalue weighted by Crippen LogP contribution is -2.52. The zero-order valence-electron chi connectivity index (χ0n) is 20.3. The van der Waals surface area contributed by atoms with Crippen LogP contribution in [-0.4, -0.2) is 28.5 Å². The first-order valence-electron chi connectivity index (χ1n) is 12.3. The van der Waals surface area contributed by atoms with Crippen molar-refractivity contribution < 1.29 is 4.79 Å². The molecule has 2 aliphatic heterocycles. The van der Waals surface area contributed by atoms with Crippen molar-refractivity contribution in [2.45, 2.75) is 31.0 Å². The number of amides is 1. The normalized spacial score (nSPS) is 19.9. The van der Waals surface area contributed by atoms with Crippen molar-refractivity contribution >= 4 is 58.0 Å². The van der Waals surface area contributed by atoms with Crippen LogP contribution in [0.1, 0.15) is 33.5 Å². The molecule has 0 bridgehead atoms. The lowest BCUT2D eigenvalue weighted by molar-refractivity contribution is 0.0708. The van der Waals surface area contributed by atoms with E-state index in [4.69, 9.17) is 46.4 Å². The maximum absolute atomic E-state index is 14.0. The van der Waals surface area contributed by atoms with Crippen molar-refractivity contribution in [2.75, 3.05) is 11.4 Å². The van der Waals surface area contributed by atoms with Crippen LogP contribution >= 0.6 is 46.4 Å². The van der Waals surface area contributed by atoms with E-state index in [1.54, 1.807) is 6.07 Å². The smallest absolute Gasteiger partial charge is 0.257 e. The largest absolute Gasteiger partial charge is 0.346 e. The second-order valence-electron chi connectivity index (χ2n) is 9.85. The van der Waals surface area contributed by atoms with Crippen LogP contribution in [-0.2, 0) is 18.4 Å². The minimum atomic E-state index is -0.309. The Kier molecular flexibility index (Phi) is 6.77. The summed E-state index contributed by atoms with van der Waals surface area (Å²) < 4.78 is 0. The lowest BCUT2D eigenvalue weighted by atomic mass is 9.74. The molecule has 0 radical (unpaired) electrons. The van der Waals surface area contributed by atoms with Crippen LogP contribution in [0.5, 0.6) is 0 Å². The molecule has 0 aliphatic carbocycles. The van der Waals surface area contributed by atoms with Crippen molar-refractivity contribution in [2.24, 2.45) is 0 Å². The highest BCUT2D eigenvalue weighted by Gasteiger charge is 2.58. The van der Waals surface area contributed by atoms with E-state index in [9.17, 15) is 4.79 Å². The molecular formula is C30H23Cl4N3O. The standard InChI is InChI=1S/C30H23Cl4N3O/c31-22-9-5-19(6-10-22)16-30-13-14-36(28(38)21-15-25(33)27(34)35-17-21)29(30)37(26-4-2-1-3-24(26)30)18-20-7-11-23(32)12-8-20/h1-12,15,17,29H,13-14,16,18H2. The molecule has 2 unspecified atom stereocenters. The van der Waals surface area contributed by atoms with Gasteiger partial charge in [0.25, 0.3) is 5.91 Å². The van der Waals surface area contributed by atoms with Crippen LogP contribution in [0.4, 0.5) is 5.69 Å². The van der Waals surface area contributed by atoms with Crippen LogP contribution in [0, 0.1) is 0 Å². The van der Waals surface area contributed by atoms with Crippen molar-refractivity contribution in [3.63, 3.8) is 0 Å². The summed E-state index contributed by atoms with van der Waals surface area (Å²) in [4.78, 5) is 22.5. The first kappa shape index (κ1) is 25.5. The zero-order valence-corrected chi connectivity index (χ0v) is 23.3. The summed E-state index contributed by atoms with van der Waals surface area (Å²) in [5, 5.41) is 1.84. The van der Waals surface area contributed by atoms with E-state index in [0.29, 0.717) is 28.7 Å². The Hall–Kier alpha value is -2.76. The third kappa shape index (κ3) is 4.44. The average molecular weight is 583 g/mol. The molecule has 192 valence electrons. The molecule has 38 heavy (non-hydrogen) atoms. The Morgan fingerprint density at radius 3 is 2.24 bits per heavy atom. The number of nitrogens with zero attached hydrogens (tertiary/aromatic N) is 3. The molecule has 3 aromatic carbocycles. The molecule has 1 fully saturated rings. The molecule has 3 heterocycles. The Labute approximate surface area is 241 Å². The first-order valence-corrected chi connectivity index (χ1v) is 13.8. The average Bonchev–Trinajstić information content (AvgIpc) is 3.41. The summed E-state index contributed by atoms with van der Waals surface area (Å²) in [6.45, 7) is 1.23. The van der Waals surface area contributed by atoms with Crippen LogP contribution in [0.25, 0.3) is 0 Å². The molecule has 0 N–H and O–H groups in total. The Balaban J connectivity index is 1.47. The Morgan fingerprint density at radius 1 is 0.895 bits per heavy atom. The number of hydrogen-bond donors (Lipinski definition) is 0. The minimum absolute atomic E-state index is 0.118. The van der Waals surface area contributed by atoms with Gasteiger partial charge in [0, 0.05) is 40.4 Å². The quantitative estimate of drug-likeness (QED) is 0.223. The fourth-order valence-electron chi connectivity index (χ4n) is 6.00. The van der Waals surface area contributed by atoms with E-state index in [2.05, 4.69) is 46.3 Å². The van der Waals surface area contributed by atoms with E-state index in [1.807, 2.05) is 41.3 Å². The number of para-hydroxylation sites is 1. The number of carbonyl (C=O) groups excluding carboxylic acids is 1. The molecule has 1 saturated heterocycles. The van der Waals surface area contributed by atoms with Crippen molar-refractivity contribution in [1.29, 1.82) is 0 Å². The number of pyridine rings is 1. The summed E-state index contributed by atoms with van der Waals surface area (Å²) in [6, 6.07) is 26.0. The number of carbonyl (C=O) groups is 1. The van der Waals surface area contributed by atoms with Crippen molar-refractivity contribution in [3.8, 4) is 0 Å². The van der Waals surface area contributed by atoms with Gasteiger partial charge in [-0.25, -0.2) is 4.98 Å². The predicted octanol–water partition coefficient (Wildman–Crippen LogP) is 8.07. The minimum Gasteiger partial charge on any atom is -0.346 e. The van der Waals surface area contributed by atoms with Gasteiger partial charge in [0.2, 0.25) is 0 Å². The summed E-state index contributed by atoms with van der Waals surface area (Å²) in [6.07, 6.45) is 2.87. The van der Waals surface area contributed by atoms with Gasteiger partial charge >= 0.3 is 0 Å². The van der Waals surface area contributed by atoms with Crippen LogP contribution < -0.4 is 4.90 Å². The third-order valence-electron chi connectivity index (χ3n) is 7.64. The summed E-state index contributed by atoms with van der Waals surface area (Å²) in [7, 11) is 0. The Bertz CT molecular complexity index is 1510. The molecule has 0 spiro atoms. The number of rotatable bonds is 5. The SMILES string of the molecule is O=C(c1cnc(Cl)c(Cl)c1)N1CCC2(Cc3ccc(Cl)cc3)c3ccccc3N(Cc3ccc(Cl)cc3)C12. The van der Waals surface area contributed by atoms with Crippen molar-refractivity contribution in [1.82, 2.24) is 9.88 Å². The number of benzene rings is 3. The van der Waals surface area contributed by atoms with Gasteiger partial charge < -0.3 is 9.80 Å². The highest BCUT2D eigenvalue weighted by molar-refractivity contribution is 6.41. The monoisotopic (exact) mass is 581 g/mol. The van der Waals surface area contributed by atoms with Gasteiger partial charge in [0.15, 0.2) is 0 Å². The number of aromatic nitrogens is 1. The van der Waals surface area contributed by atoms with Gasteiger partial charge in [-0.2, -0.15) is 0 Å². The molecule has 6 rings (SSSR count). The van der Waals surface area contributed by atoms with E-state index < -0.39 is 0 Å². The molecule has 2 aliphatic rings. The molecule has 0 saturated carbocycles. The van der Waals surface area contributed by atoms with Gasteiger partial charge in [0.05, 0.1) is 10.6 Å². The lowest BCUT2D eigenvalue weighted by Gasteiger charge is -2.38. The van der Waals surface area contributed by atoms with E-state index >= 15 is 0 Å². The van der Waals surface area contributed by atoms with Gasteiger partial charge in [-0.1, -0.05) is 88.9 Å². The number of anilines is 1. The second kappa shape index (κ2) is 10.1. The number of hydrogen-bond acceptors (Lipinski definition) is 3. The van der Waals surface area contributed by atoms with Gasteiger partial charge in [0.1, 0.15) is 11.3 Å². The molecule has 1 amide bonds. The number of fused-ring (bicyclic) bond motifs is 3. The summed E-state index contributed by atoms with van der Waals surface area (Å²) in [5.41, 5.74) is 4.78. The topological polar surface area (TPSA) is 36.4 Å².